The van der Waals surface area contributed by atoms with Crippen molar-refractivity contribution in [1.29, 1.82) is 0 Å². The Balaban J connectivity index is 1.77. The molecule has 1 aliphatic rings. The minimum Gasteiger partial charge on any atom is -0.476 e. The van der Waals surface area contributed by atoms with Crippen molar-refractivity contribution in [3.8, 4) is 5.75 Å². The lowest BCUT2D eigenvalue weighted by molar-refractivity contribution is 0.244. The molecule has 1 aliphatic carbocycles. The Kier molecular flexibility index (Phi) is 3.72. The molecule has 1 fully saturated rings. The van der Waals surface area contributed by atoms with E-state index in [1.165, 1.54) is 4.90 Å². The van der Waals surface area contributed by atoms with Gasteiger partial charge in [0.25, 0.3) is 0 Å². The number of hydrogen-bond acceptors (Lipinski definition) is 3. The van der Waals surface area contributed by atoms with Crippen LogP contribution in [0.5, 0.6) is 5.75 Å². The van der Waals surface area contributed by atoms with E-state index in [0.29, 0.717) is 0 Å². The number of hydrogen-bond donors (Lipinski definition) is 1. The molecule has 2 nitrogen and oxygen atoms in total. The predicted molar refractivity (Wildman–Crippen MR) is 82.0 cm³/mol. The minimum atomic E-state index is -0.152. The first-order chi connectivity index (χ1) is 9.71. The van der Waals surface area contributed by atoms with Gasteiger partial charge >= 0.3 is 0 Å². The molecule has 104 valence electrons. The van der Waals surface area contributed by atoms with Crippen molar-refractivity contribution in [2.75, 3.05) is 0 Å². The molecule has 0 aliphatic heterocycles. The monoisotopic (exact) mass is 286 g/mol. The van der Waals surface area contributed by atoms with Crippen molar-refractivity contribution in [2.24, 2.45) is 0 Å². The molecule has 2 aromatic carbocycles. The number of thioether (sulfide) groups is 1. The molecule has 0 atom stereocenters. The SMILES string of the molecule is Cc1ccc(OC2(Sc3ccccc3)CC2)c(CO)c1. The highest BCUT2D eigenvalue weighted by atomic mass is 32.2. The van der Waals surface area contributed by atoms with Crippen LogP contribution in [-0.4, -0.2) is 10.0 Å². The van der Waals surface area contributed by atoms with E-state index in [4.69, 9.17) is 4.74 Å². The van der Waals surface area contributed by atoms with Crippen molar-refractivity contribution >= 4 is 11.8 Å². The van der Waals surface area contributed by atoms with E-state index in [2.05, 4.69) is 12.1 Å². The van der Waals surface area contributed by atoms with Crippen LogP contribution in [0.4, 0.5) is 0 Å². The van der Waals surface area contributed by atoms with E-state index < -0.39 is 0 Å². The number of rotatable bonds is 5. The molecule has 0 spiro atoms. The van der Waals surface area contributed by atoms with Crippen LogP contribution in [0.1, 0.15) is 24.0 Å². The standard InChI is InChI=1S/C17H18O2S/c1-13-7-8-16(14(11-13)12-18)19-17(9-10-17)20-15-5-3-2-4-6-15/h2-8,11,18H,9-10,12H2,1H3. The summed E-state index contributed by atoms with van der Waals surface area (Å²) in [6.07, 6.45) is 2.09. The summed E-state index contributed by atoms with van der Waals surface area (Å²) in [7, 11) is 0. The maximum atomic E-state index is 9.46. The third-order valence-electron chi connectivity index (χ3n) is 3.39. The minimum absolute atomic E-state index is 0.0170. The predicted octanol–water partition coefficient (Wildman–Crippen LogP) is 4.15. The summed E-state index contributed by atoms with van der Waals surface area (Å²) in [4.78, 5) is 1.07. The second kappa shape index (κ2) is 5.51. The van der Waals surface area contributed by atoms with Gasteiger partial charge in [-0.2, -0.15) is 0 Å². The highest BCUT2D eigenvalue weighted by Crippen LogP contribution is 2.52. The first kappa shape index (κ1) is 13.5. The molecule has 20 heavy (non-hydrogen) atoms. The number of benzene rings is 2. The van der Waals surface area contributed by atoms with Crippen LogP contribution in [0.15, 0.2) is 53.4 Å². The van der Waals surface area contributed by atoms with Gasteiger partial charge in [0.05, 0.1) is 6.61 Å². The second-order valence-electron chi connectivity index (χ2n) is 5.20. The summed E-state index contributed by atoms with van der Waals surface area (Å²) in [6.45, 7) is 2.04. The number of ether oxygens (including phenoxy) is 1. The highest BCUT2D eigenvalue weighted by molar-refractivity contribution is 8.00. The molecule has 0 aromatic heterocycles. The first-order valence-electron chi connectivity index (χ1n) is 6.84. The Hall–Kier alpha value is -1.45. The third kappa shape index (κ3) is 3.00. The van der Waals surface area contributed by atoms with Gasteiger partial charge in [0.2, 0.25) is 0 Å². The molecule has 3 heteroatoms. The van der Waals surface area contributed by atoms with Crippen LogP contribution in [0, 0.1) is 6.92 Å². The van der Waals surface area contributed by atoms with Crippen LogP contribution < -0.4 is 4.74 Å². The smallest absolute Gasteiger partial charge is 0.159 e. The third-order valence-corrected chi connectivity index (χ3v) is 4.76. The largest absolute Gasteiger partial charge is 0.476 e. The zero-order valence-electron chi connectivity index (χ0n) is 11.5. The van der Waals surface area contributed by atoms with Gasteiger partial charge < -0.3 is 9.84 Å². The lowest BCUT2D eigenvalue weighted by Gasteiger charge is -2.19. The Bertz CT molecular complexity index is 591. The fourth-order valence-electron chi connectivity index (χ4n) is 2.16. The van der Waals surface area contributed by atoms with Gasteiger partial charge in [-0.05, 0) is 25.1 Å². The van der Waals surface area contributed by atoms with Gasteiger partial charge in [-0.1, -0.05) is 47.7 Å². The van der Waals surface area contributed by atoms with Crippen molar-refractivity contribution in [3.05, 3.63) is 59.7 Å². The summed E-state index contributed by atoms with van der Waals surface area (Å²) in [6, 6.07) is 16.3. The normalized spacial score (nSPS) is 15.9. The number of aliphatic hydroxyl groups excluding tert-OH is 1. The zero-order valence-corrected chi connectivity index (χ0v) is 12.3. The lowest BCUT2D eigenvalue weighted by Crippen LogP contribution is -2.14. The Labute approximate surface area is 123 Å². The fraction of sp³-hybridized carbons (Fsp3) is 0.294. The molecule has 0 unspecified atom stereocenters. The van der Waals surface area contributed by atoms with E-state index >= 15 is 0 Å². The lowest BCUT2D eigenvalue weighted by atomic mass is 10.1. The summed E-state index contributed by atoms with van der Waals surface area (Å²) in [5.41, 5.74) is 2.01. The van der Waals surface area contributed by atoms with Gasteiger partial charge in [0, 0.05) is 23.3 Å². The van der Waals surface area contributed by atoms with E-state index in [1.807, 2.05) is 43.3 Å². The van der Waals surface area contributed by atoms with Crippen molar-refractivity contribution in [1.82, 2.24) is 0 Å². The highest BCUT2D eigenvalue weighted by Gasteiger charge is 2.47. The van der Waals surface area contributed by atoms with E-state index in [9.17, 15) is 5.11 Å². The van der Waals surface area contributed by atoms with Gasteiger partial charge in [-0.3, -0.25) is 0 Å². The number of aliphatic hydroxyl groups is 1. The Morgan fingerprint density at radius 2 is 1.90 bits per heavy atom. The maximum Gasteiger partial charge on any atom is 0.159 e. The van der Waals surface area contributed by atoms with Crippen LogP contribution in [-0.2, 0) is 6.61 Å². The molecular weight excluding hydrogens is 268 g/mol. The zero-order chi connectivity index (χ0) is 14.0. The van der Waals surface area contributed by atoms with E-state index in [1.54, 1.807) is 11.8 Å². The average Bonchev–Trinajstić information content (AvgIpc) is 3.21. The van der Waals surface area contributed by atoms with Crippen molar-refractivity contribution in [3.63, 3.8) is 0 Å². The first-order valence-corrected chi connectivity index (χ1v) is 7.66. The van der Waals surface area contributed by atoms with Crippen molar-refractivity contribution in [2.45, 2.75) is 36.2 Å². The number of aryl methyl sites for hydroxylation is 1. The van der Waals surface area contributed by atoms with Gasteiger partial charge in [-0.15, -0.1) is 0 Å². The molecule has 1 N–H and O–H groups in total. The van der Waals surface area contributed by atoms with Crippen LogP contribution in [0.3, 0.4) is 0 Å². The Morgan fingerprint density at radius 3 is 2.55 bits per heavy atom. The molecule has 3 rings (SSSR count). The molecule has 0 amide bonds. The quantitative estimate of drug-likeness (QED) is 0.837. The average molecular weight is 286 g/mol. The van der Waals surface area contributed by atoms with Crippen LogP contribution in [0.25, 0.3) is 0 Å². The summed E-state index contributed by atoms with van der Waals surface area (Å²) >= 11 is 1.77. The molecule has 0 radical (unpaired) electrons. The van der Waals surface area contributed by atoms with Gasteiger partial charge in [0.15, 0.2) is 4.93 Å². The van der Waals surface area contributed by atoms with Crippen molar-refractivity contribution < 1.29 is 9.84 Å². The molecule has 1 saturated carbocycles. The Morgan fingerprint density at radius 1 is 1.15 bits per heavy atom. The second-order valence-corrected chi connectivity index (χ2v) is 6.62. The van der Waals surface area contributed by atoms with E-state index in [0.717, 1.165) is 29.7 Å². The summed E-state index contributed by atoms with van der Waals surface area (Å²) in [5.74, 6) is 0.805. The molecule has 2 aromatic rings. The molecular formula is C17H18O2S. The topological polar surface area (TPSA) is 29.5 Å². The molecule has 0 bridgehead atoms. The fourth-order valence-corrected chi connectivity index (χ4v) is 3.32. The van der Waals surface area contributed by atoms with Crippen LogP contribution in [0.2, 0.25) is 0 Å². The summed E-state index contributed by atoms with van der Waals surface area (Å²) in [5, 5.41) is 9.46. The van der Waals surface area contributed by atoms with E-state index in [-0.39, 0.29) is 11.5 Å². The molecule has 0 heterocycles. The molecule has 0 saturated heterocycles. The van der Waals surface area contributed by atoms with Crippen LogP contribution >= 0.6 is 11.8 Å². The maximum absolute atomic E-state index is 9.46. The summed E-state index contributed by atoms with van der Waals surface area (Å²) < 4.78 is 6.20. The van der Waals surface area contributed by atoms with Gasteiger partial charge in [-0.25, -0.2) is 0 Å². The van der Waals surface area contributed by atoms with Gasteiger partial charge in [0.1, 0.15) is 5.75 Å².